The third-order valence-corrected chi connectivity index (χ3v) is 20.0. The molecule has 0 spiro atoms. The highest BCUT2D eigenvalue weighted by Crippen LogP contribution is 2.24. The molecule has 8 rings (SSSR count). The van der Waals surface area contributed by atoms with Crippen LogP contribution in [0.4, 0.5) is 21.0 Å². The summed E-state index contributed by atoms with van der Waals surface area (Å²) in [6, 6.07) is 16.9. The van der Waals surface area contributed by atoms with Gasteiger partial charge in [0.2, 0.25) is 82.7 Å². The van der Waals surface area contributed by atoms with Crippen LogP contribution in [-0.4, -0.2) is 203 Å². The van der Waals surface area contributed by atoms with Crippen LogP contribution >= 0.6 is 11.6 Å². The van der Waals surface area contributed by atoms with Crippen molar-refractivity contribution >= 4 is 123 Å². The van der Waals surface area contributed by atoms with Crippen LogP contribution in [0.25, 0.3) is 10.8 Å². The molecule has 17 amide bonds. The monoisotopic (exact) mass is 1660 g/mol. The number of amides is 17. The number of imide groups is 1. The van der Waals surface area contributed by atoms with E-state index in [1.807, 2.05) is 61.6 Å². The van der Waals surface area contributed by atoms with Crippen molar-refractivity contribution in [3.8, 4) is 5.88 Å². The van der Waals surface area contributed by atoms with Crippen LogP contribution in [0.2, 0.25) is 5.02 Å². The molecule has 36 heteroatoms. The molecule has 636 valence electrons. The number of benzene rings is 5. The van der Waals surface area contributed by atoms with Crippen LogP contribution in [0, 0.1) is 5.92 Å². The first-order valence-electron chi connectivity index (χ1n) is 39.2. The van der Waals surface area contributed by atoms with E-state index in [4.69, 9.17) is 27.8 Å². The Hall–Kier alpha value is -12.6. The summed E-state index contributed by atoms with van der Waals surface area (Å²) in [7, 11) is 1.38. The number of fused-ring (bicyclic) bond motifs is 1. The number of rotatable bonds is 42. The molecule has 0 radical (unpaired) electrons. The van der Waals surface area contributed by atoms with Gasteiger partial charge in [-0.25, -0.2) is 14.6 Å². The number of anilines is 2. The Morgan fingerprint density at radius 2 is 1.03 bits per heavy atom. The lowest BCUT2D eigenvalue weighted by atomic mass is 9.99. The second-order valence-electron chi connectivity index (χ2n) is 30.1. The van der Waals surface area contributed by atoms with Crippen molar-refractivity contribution in [1.29, 1.82) is 0 Å². The maximum absolute atomic E-state index is 15.5. The molecule has 2 fully saturated rings. The number of nitrogens with one attached hydrogen (secondary N) is 14. The second kappa shape index (κ2) is 44.6. The lowest BCUT2D eigenvalue weighted by Gasteiger charge is -2.31. The number of aromatic nitrogens is 1. The van der Waals surface area contributed by atoms with Gasteiger partial charge in [-0.3, -0.25) is 67.6 Å². The Morgan fingerprint density at radius 3 is 1.54 bits per heavy atom. The fourth-order valence-electron chi connectivity index (χ4n) is 13.5. The number of halogens is 1. The van der Waals surface area contributed by atoms with E-state index < -0.39 is 168 Å². The van der Waals surface area contributed by atoms with Crippen LogP contribution in [0.3, 0.4) is 0 Å². The predicted octanol–water partition coefficient (Wildman–Crippen LogP) is 1.52. The van der Waals surface area contributed by atoms with E-state index in [0.29, 0.717) is 53.1 Å². The van der Waals surface area contributed by atoms with Crippen molar-refractivity contribution in [2.45, 2.75) is 191 Å². The molecule has 5 aromatic carbocycles. The number of nitrogens with zero attached hydrogens (tertiary/aromatic N) is 2. The standard InChI is InChI=1S/C83H105ClN18O17/c1-45(2)35-60(73(108)93-59(15-10-11-33-87-46(3)4)81(116)102-34-12-16-68(102)80(115)89-47(5)71(85)106)94-75(110)63(38-51-22-30-58(31-23-51)92-82(86)117)96-77(112)64(39-50-20-28-57(29-21-50)91-72(107)66-42-69(105)101-83(118)100-66)98-79(114)67(44-103)99-78(113)65(41-53-24-32-70(119-7)88-43-53)97-76(111)62(37-49-18-26-56(84)27-19-49)95-74(109)61(90-48(6)104)40-52-17-25-54-13-8-9-14-55(54)36-52/h8-9,13-14,17-32,36,43,45-47,59-68,87,103H,10-12,15-16,33-35,37-42,44H2,1-7H3,(H2,85,106)(H,89,115)(H,90,104)(H,91,107)(H,93,108)(H,94,110)(H,95,109)(H,96,112)(H,97,111)(H,98,114)(H,99,113)(H3,86,92,117)(H2,100,101,105,118)/t47-,59+,60+,61-,62-,63-,64+,65-,66+,67+,68+/m1/s1. The predicted molar refractivity (Wildman–Crippen MR) is 441 cm³/mol. The number of carbonyl (C=O) groups is 15. The summed E-state index contributed by atoms with van der Waals surface area (Å²) in [5.41, 5.74) is 13.5. The Labute approximate surface area is 693 Å². The van der Waals surface area contributed by atoms with Crippen molar-refractivity contribution < 1.29 is 81.8 Å². The minimum Gasteiger partial charge on any atom is -0.481 e. The average Bonchev–Trinajstić information content (AvgIpc) is 1.78. The summed E-state index contributed by atoms with van der Waals surface area (Å²) in [6.45, 7) is 9.71. The quantitative estimate of drug-likeness (QED) is 0.0242. The molecule has 0 aliphatic carbocycles. The Kier molecular flexibility index (Phi) is 34.5. The largest absolute Gasteiger partial charge is 0.481 e. The molecule has 35 nitrogen and oxygen atoms in total. The third-order valence-electron chi connectivity index (χ3n) is 19.7. The molecule has 2 aliphatic rings. The van der Waals surface area contributed by atoms with Crippen molar-refractivity contribution in [3.05, 3.63) is 166 Å². The van der Waals surface area contributed by atoms with Crippen LogP contribution in [0.1, 0.15) is 114 Å². The zero-order valence-electron chi connectivity index (χ0n) is 67.2. The topological polar surface area (TPSA) is 522 Å². The molecule has 1 aromatic heterocycles. The summed E-state index contributed by atoms with van der Waals surface area (Å²) < 4.78 is 5.27. The minimum absolute atomic E-state index is 0.00635. The average molecular weight is 1660 g/mol. The van der Waals surface area contributed by atoms with Gasteiger partial charge in [0.25, 0.3) is 0 Å². The number of urea groups is 2. The van der Waals surface area contributed by atoms with Gasteiger partial charge in [-0.05, 0) is 133 Å². The maximum atomic E-state index is 15.5. The van der Waals surface area contributed by atoms with E-state index in [0.717, 1.165) is 10.8 Å². The molecule has 6 aromatic rings. The summed E-state index contributed by atoms with van der Waals surface area (Å²) >= 11 is 6.28. The summed E-state index contributed by atoms with van der Waals surface area (Å²) in [4.78, 5) is 214. The van der Waals surface area contributed by atoms with Crippen molar-refractivity contribution in [2.75, 3.05) is 37.4 Å². The molecule has 11 atom stereocenters. The number of ether oxygens (including phenoxy) is 1. The van der Waals surface area contributed by atoms with Crippen LogP contribution < -0.4 is 90.6 Å². The Balaban J connectivity index is 1.11. The van der Waals surface area contributed by atoms with Gasteiger partial charge in [-0.1, -0.05) is 124 Å². The lowest BCUT2D eigenvalue weighted by Crippen LogP contribution is -2.62. The number of primary amides is 2. The first kappa shape index (κ1) is 91.9. The molecule has 0 saturated carbocycles. The van der Waals surface area contributed by atoms with Crippen molar-refractivity contribution in [2.24, 2.45) is 17.4 Å². The molecule has 19 N–H and O–H groups in total. The molecular weight excluding hydrogens is 1560 g/mol. The molecule has 0 bridgehead atoms. The summed E-state index contributed by atoms with van der Waals surface area (Å²) in [5, 5.41) is 50.4. The van der Waals surface area contributed by atoms with E-state index in [9.17, 15) is 53.1 Å². The van der Waals surface area contributed by atoms with E-state index in [1.54, 1.807) is 44.2 Å². The summed E-state index contributed by atoms with van der Waals surface area (Å²) in [5.74, 6) is -10.9. The second-order valence-corrected chi connectivity index (χ2v) is 30.5. The molecular formula is C83H105ClN18O17. The van der Waals surface area contributed by atoms with Gasteiger partial charge in [-0.15, -0.1) is 0 Å². The van der Waals surface area contributed by atoms with Crippen LogP contribution in [-0.2, 0) is 94.4 Å². The number of carbonyl (C=O) groups excluding carboxylic acids is 15. The van der Waals surface area contributed by atoms with Crippen molar-refractivity contribution in [1.82, 2.24) is 73.7 Å². The molecule has 2 aliphatic heterocycles. The number of nitrogens with two attached hydrogens (primary N) is 2. The molecule has 3 heterocycles. The maximum Gasteiger partial charge on any atom is 0.322 e. The van der Waals surface area contributed by atoms with Gasteiger partial charge >= 0.3 is 12.1 Å². The molecule has 0 unspecified atom stereocenters. The number of methoxy groups -OCH3 is 1. The fraction of sp³-hybridized carbons (Fsp3) is 0.422. The normalized spacial score (nSPS) is 16.0. The van der Waals surface area contributed by atoms with E-state index in [2.05, 4.69) is 74.1 Å². The number of hydrogen-bond acceptors (Lipinski definition) is 19. The number of hydrogen-bond donors (Lipinski definition) is 17. The highest BCUT2D eigenvalue weighted by Gasteiger charge is 2.41. The minimum atomic E-state index is -1.95. The number of pyridine rings is 1. The molecule has 119 heavy (non-hydrogen) atoms. The van der Waals surface area contributed by atoms with E-state index in [-0.39, 0.29) is 92.7 Å². The first-order chi connectivity index (χ1) is 56.7. The van der Waals surface area contributed by atoms with E-state index in [1.165, 1.54) is 86.7 Å². The van der Waals surface area contributed by atoms with Gasteiger partial charge in [-0.2, -0.15) is 0 Å². The van der Waals surface area contributed by atoms with Gasteiger partial charge < -0.3 is 95.3 Å². The Morgan fingerprint density at radius 1 is 0.555 bits per heavy atom. The zero-order valence-corrected chi connectivity index (χ0v) is 68.0. The van der Waals surface area contributed by atoms with Crippen LogP contribution in [0.5, 0.6) is 5.88 Å². The van der Waals surface area contributed by atoms with Gasteiger partial charge in [0, 0.05) is 80.3 Å². The fourth-order valence-corrected chi connectivity index (χ4v) is 13.6. The number of likely N-dealkylation sites (tertiary alicyclic amines) is 1. The smallest absolute Gasteiger partial charge is 0.322 e. The van der Waals surface area contributed by atoms with Gasteiger partial charge in [0.1, 0.15) is 66.5 Å². The third kappa shape index (κ3) is 28.9. The lowest BCUT2D eigenvalue weighted by molar-refractivity contribution is -0.142. The number of aliphatic hydroxyl groups is 1. The highest BCUT2D eigenvalue weighted by molar-refractivity contribution is 6.30. The first-order valence-corrected chi connectivity index (χ1v) is 39.6. The number of aliphatic hydroxyl groups excluding tert-OH is 1. The van der Waals surface area contributed by atoms with Crippen LogP contribution in [0.15, 0.2) is 134 Å². The van der Waals surface area contributed by atoms with Gasteiger partial charge in [0.15, 0.2) is 0 Å². The highest BCUT2D eigenvalue weighted by atomic mass is 35.5. The summed E-state index contributed by atoms with van der Waals surface area (Å²) in [6.07, 6.45) is 1.39. The zero-order chi connectivity index (χ0) is 86.6. The van der Waals surface area contributed by atoms with E-state index >= 15 is 24.0 Å². The van der Waals surface area contributed by atoms with Gasteiger partial charge in [0.05, 0.1) is 20.1 Å². The number of unbranched alkanes of at least 4 members (excludes halogenated alkanes) is 1. The SMILES string of the molecule is COc1ccc(C[C@@H](NC(=O)[C@@H](Cc2ccc(Cl)cc2)NC(=O)[C@@H](Cc2ccc3ccccc3c2)NC(C)=O)C(=O)N[C@@H](CO)C(=O)N[C@@H](Cc2ccc(NC(=O)[C@@H]3CC(=O)NC(=O)N3)cc2)C(=O)N[C@H](Cc2ccc(NC(N)=O)cc2)C(=O)N[C@@H](CC(C)C)C(=O)N[C@@H](CCCCNC(C)C)C(=O)N2CCC[C@H]2C(=O)N[C@H](C)C(N)=O)cn1. The molecule has 2 saturated heterocycles. The Bertz CT molecular complexity index is 4600. The van der Waals surface area contributed by atoms with Crippen molar-refractivity contribution in [3.63, 3.8) is 0 Å².